The van der Waals surface area contributed by atoms with Crippen LogP contribution in [-0.2, 0) is 20.1 Å². The maximum Gasteiger partial charge on any atom is 0.253 e. The maximum atomic E-state index is 11.9. The lowest BCUT2D eigenvalue weighted by atomic mass is 10.1. The highest BCUT2D eigenvalue weighted by Crippen LogP contribution is 2.06. The van der Waals surface area contributed by atoms with E-state index in [1.807, 2.05) is 50.6 Å². The molecule has 1 aromatic carbocycles. The predicted molar refractivity (Wildman–Crippen MR) is 115 cm³/mol. The molecule has 1 aromatic heterocycles. The van der Waals surface area contributed by atoms with Gasteiger partial charge in [-0.2, -0.15) is 5.10 Å². The molecule has 2 N–H and O–H groups in total. The number of hydrogen-bond acceptors (Lipinski definition) is 3. The third kappa shape index (κ3) is 6.66. The van der Waals surface area contributed by atoms with Crippen LogP contribution in [-0.4, -0.2) is 47.2 Å². The second-order valence-corrected chi connectivity index (χ2v) is 5.97. The van der Waals surface area contributed by atoms with Crippen molar-refractivity contribution >= 4 is 35.8 Å². The average molecular weight is 470 g/mol. The van der Waals surface area contributed by atoms with Gasteiger partial charge in [-0.3, -0.25) is 9.48 Å². The van der Waals surface area contributed by atoms with Crippen LogP contribution in [0, 0.1) is 0 Å². The molecule has 0 saturated heterocycles. The molecule has 2 rings (SSSR count). The number of nitrogens with one attached hydrogen (secondary N) is 2. The summed E-state index contributed by atoms with van der Waals surface area (Å²) in [6.45, 7) is 4.02. The number of carbonyl (C=O) groups is 1. The highest BCUT2D eigenvalue weighted by Gasteiger charge is 2.07. The number of nitrogens with zero attached hydrogens (tertiary/aromatic N) is 4. The van der Waals surface area contributed by atoms with Gasteiger partial charge in [0, 0.05) is 51.6 Å². The lowest BCUT2D eigenvalue weighted by Gasteiger charge is -2.12. The number of hydrogen-bond donors (Lipinski definition) is 2. The number of benzene rings is 1. The van der Waals surface area contributed by atoms with E-state index in [0.717, 1.165) is 23.6 Å². The zero-order valence-corrected chi connectivity index (χ0v) is 18.0. The van der Waals surface area contributed by atoms with E-state index < -0.39 is 0 Å². The molecule has 1 amide bonds. The Morgan fingerprint density at radius 2 is 1.88 bits per heavy atom. The lowest BCUT2D eigenvalue weighted by Crippen LogP contribution is -2.36. The Bertz CT molecular complexity index is 724. The number of aryl methyl sites for hydroxylation is 1. The smallest absolute Gasteiger partial charge is 0.253 e. The van der Waals surface area contributed by atoms with Crippen LogP contribution in [0.5, 0.6) is 0 Å². The fourth-order valence-corrected chi connectivity index (χ4v) is 2.27. The van der Waals surface area contributed by atoms with Crippen LogP contribution in [0.25, 0.3) is 0 Å². The van der Waals surface area contributed by atoms with Crippen LogP contribution in [0.3, 0.4) is 0 Å². The van der Waals surface area contributed by atoms with Crippen molar-refractivity contribution in [2.24, 2.45) is 12.0 Å². The summed E-state index contributed by atoms with van der Waals surface area (Å²) >= 11 is 0. The van der Waals surface area contributed by atoms with E-state index in [1.54, 1.807) is 23.7 Å². The van der Waals surface area contributed by atoms with Crippen LogP contribution < -0.4 is 10.6 Å². The van der Waals surface area contributed by atoms with Gasteiger partial charge in [0.05, 0.1) is 12.7 Å². The van der Waals surface area contributed by atoms with Crippen molar-refractivity contribution < 1.29 is 4.79 Å². The van der Waals surface area contributed by atoms with E-state index in [2.05, 4.69) is 20.7 Å². The highest BCUT2D eigenvalue weighted by atomic mass is 127. The molecule has 0 spiro atoms. The van der Waals surface area contributed by atoms with E-state index in [-0.39, 0.29) is 29.9 Å². The Labute approximate surface area is 171 Å². The lowest BCUT2D eigenvalue weighted by molar-refractivity contribution is 0.0827. The summed E-state index contributed by atoms with van der Waals surface area (Å²) in [7, 11) is 5.39. The molecule has 0 atom stereocenters. The first kappa shape index (κ1) is 21.9. The molecular formula is C18H27IN6O. The second-order valence-electron chi connectivity index (χ2n) is 5.97. The SMILES string of the molecule is CCNC(=NCc1cnn(C)c1)NCc1ccc(C(=O)N(C)C)cc1.I. The Kier molecular flexibility index (Phi) is 9.11. The minimum Gasteiger partial charge on any atom is -0.357 e. The number of halogens is 1. The van der Waals surface area contributed by atoms with Crippen LogP contribution >= 0.6 is 24.0 Å². The van der Waals surface area contributed by atoms with Crippen molar-refractivity contribution in [1.82, 2.24) is 25.3 Å². The summed E-state index contributed by atoms with van der Waals surface area (Å²) in [5.41, 5.74) is 2.83. The molecule has 8 heteroatoms. The highest BCUT2D eigenvalue weighted by molar-refractivity contribution is 14.0. The van der Waals surface area contributed by atoms with Crippen molar-refractivity contribution in [3.63, 3.8) is 0 Å². The third-order valence-electron chi connectivity index (χ3n) is 3.59. The van der Waals surface area contributed by atoms with Gasteiger partial charge in [0.25, 0.3) is 5.91 Å². The Morgan fingerprint density at radius 1 is 1.19 bits per heavy atom. The van der Waals surface area contributed by atoms with Crippen molar-refractivity contribution in [3.8, 4) is 0 Å². The van der Waals surface area contributed by atoms with Gasteiger partial charge in [-0.05, 0) is 24.6 Å². The first-order chi connectivity index (χ1) is 12.0. The number of carbonyl (C=O) groups excluding carboxylic acids is 1. The van der Waals surface area contributed by atoms with Crippen LogP contribution in [0.2, 0.25) is 0 Å². The third-order valence-corrected chi connectivity index (χ3v) is 3.59. The minimum atomic E-state index is 0. The first-order valence-corrected chi connectivity index (χ1v) is 8.30. The minimum absolute atomic E-state index is 0. The van der Waals surface area contributed by atoms with E-state index >= 15 is 0 Å². The second kappa shape index (κ2) is 10.8. The van der Waals surface area contributed by atoms with Crippen molar-refractivity contribution in [3.05, 3.63) is 53.3 Å². The van der Waals surface area contributed by atoms with Gasteiger partial charge in [0.2, 0.25) is 0 Å². The molecular weight excluding hydrogens is 443 g/mol. The molecule has 26 heavy (non-hydrogen) atoms. The van der Waals surface area contributed by atoms with Gasteiger partial charge in [-0.25, -0.2) is 4.99 Å². The van der Waals surface area contributed by atoms with E-state index in [9.17, 15) is 4.79 Å². The Balaban J connectivity index is 0.00000338. The molecule has 0 aliphatic heterocycles. The number of rotatable bonds is 6. The summed E-state index contributed by atoms with van der Waals surface area (Å²) < 4.78 is 1.77. The molecule has 142 valence electrons. The van der Waals surface area contributed by atoms with Gasteiger partial charge < -0.3 is 15.5 Å². The van der Waals surface area contributed by atoms with Crippen molar-refractivity contribution in [2.45, 2.75) is 20.0 Å². The van der Waals surface area contributed by atoms with Gasteiger partial charge >= 0.3 is 0 Å². The maximum absolute atomic E-state index is 11.9. The molecule has 0 fully saturated rings. The van der Waals surface area contributed by atoms with Crippen molar-refractivity contribution in [1.29, 1.82) is 0 Å². The molecule has 0 unspecified atom stereocenters. The van der Waals surface area contributed by atoms with Gasteiger partial charge in [0.15, 0.2) is 5.96 Å². The largest absolute Gasteiger partial charge is 0.357 e. The zero-order chi connectivity index (χ0) is 18.2. The molecule has 2 aromatic rings. The first-order valence-electron chi connectivity index (χ1n) is 8.30. The van der Waals surface area contributed by atoms with Gasteiger partial charge in [-0.1, -0.05) is 12.1 Å². The van der Waals surface area contributed by atoms with Crippen molar-refractivity contribution in [2.75, 3.05) is 20.6 Å². The molecule has 0 radical (unpaired) electrons. The molecule has 0 saturated carbocycles. The summed E-state index contributed by atoms with van der Waals surface area (Å²) in [4.78, 5) is 18.0. The number of amides is 1. The summed E-state index contributed by atoms with van der Waals surface area (Å²) in [5.74, 6) is 0.755. The molecule has 0 aliphatic rings. The number of aliphatic imine (C=N–C) groups is 1. The number of guanidine groups is 1. The summed E-state index contributed by atoms with van der Waals surface area (Å²) in [6, 6.07) is 7.60. The van der Waals surface area contributed by atoms with Crippen LogP contribution in [0.1, 0.15) is 28.4 Å². The van der Waals surface area contributed by atoms with Gasteiger partial charge in [0.1, 0.15) is 0 Å². The predicted octanol–water partition coefficient (Wildman–Crippen LogP) is 2.00. The fraction of sp³-hybridized carbons (Fsp3) is 0.389. The Morgan fingerprint density at radius 3 is 2.42 bits per heavy atom. The van der Waals surface area contributed by atoms with E-state index in [1.165, 1.54) is 0 Å². The molecule has 1 heterocycles. The van der Waals surface area contributed by atoms with E-state index in [0.29, 0.717) is 18.7 Å². The molecule has 0 bridgehead atoms. The van der Waals surface area contributed by atoms with Crippen LogP contribution in [0.15, 0.2) is 41.7 Å². The quantitative estimate of drug-likeness (QED) is 0.385. The standard InChI is InChI=1S/C18H26N6O.HI/c1-5-19-18(21-11-15-12-22-24(4)13-15)20-10-14-6-8-16(9-7-14)17(25)23(2)3;/h6-9,12-13H,5,10-11H2,1-4H3,(H2,19,20,21);1H. The fourth-order valence-electron chi connectivity index (χ4n) is 2.27. The average Bonchev–Trinajstić information content (AvgIpc) is 3.02. The summed E-state index contributed by atoms with van der Waals surface area (Å²) in [6.07, 6.45) is 3.76. The Hall–Kier alpha value is -2.10. The van der Waals surface area contributed by atoms with Gasteiger partial charge in [-0.15, -0.1) is 24.0 Å². The summed E-state index contributed by atoms with van der Waals surface area (Å²) in [5, 5.41) is 10.7. The molecule has 0 aliphatic carbocycles. The number of aromatic nitrogens is 2. The van der Waals surface area contributed by atoms with E-state index in [4.69, 9.17) is 0 Å². The topological polar surface area (TPSA) is 74.5 Å². The monoisotopic (exact) mass is 470 g/mol. The molecule has 7 nitrogen and oxygen atoms in total. The normalized spacial score (nSPS) is 10.8. The zero-order valence-electron chi connectivity index (χ0n) is 15.7. The van der Waals surface area contributed by atoms with Crippen LogP contribution in [0.4, 0.5) is 0 Å².